The van der Waals surface area contributed by atoms with E-state index in [1.54, 1.807) is 30.3 Å². The zero-order valence-corrected chi connectivity index (χ0v) is 8.50. The van der Waals surface area contributed by atoms with Crippen LogP contribution in [0.15, 0.2) is 30.3 Å². The first kappa shape index (κ1) is 10.5. The number of hydrogen-bond donors (Lipinski definition) is 1. The summed E-state index contributed by atoms with van der Waals surface area (Å²) in [5.74, 6) is -1.01. The average Bonchev–Trinajstić information content (AvgIpc) is 2.29. The van der Waals surface area contributed by atoms with Crippen LogP contribution in [0.4, 0.5) is 10.5 Å². The van der Waals surface area contributed by atoms with Crippen molar-refractivity contribution in [2.24, 2.45) is 0 Å². The molecule has 1 amide bonds. The largest absolute Gasteiger partial charge is 0.480 e. The highest BCUT2D eigenvalue weighted by molar-refractivity contribution is 5.95. The summed E-state index contributed by atoms with van der Waals surface area (Å²) in [7, 11) is 0. The van der Waals surface area contributed by atoms with Crippen molar-refractivity contribution in [1.29, 1.82) is 0 Å². The van der Waals surface area contributed by atoms with Crippen LogP contribution in [0, 0.1) is 0 Å². The quantitative estimate of drug-likeness (QED) is 0.821. The summed E-state index contributed by atoms with van der Waals surface area (Å²) in [6.45, 7) is 0.152. The highest BCUT2D eigenvalue weighted by atomic mass is 16.6. The Balaban J connectivity index is 2.34. The van der Waals surface area contributed by atoms with Gasteiger partial charge in [0.1, 0.15) is 6.04 Å². The van der Waals surface area contributed by atoms with Gasteiger partial charge in [0.15, 0.2) is 0 Å². The van der Waals surface area contributed by atoms with Crippen LogP contribution in [0.5, 0.6) is 0 Å². The van der Waals surface area contributed by atoms with Crippen LogP contribution >= 0.6 is 0 Å². The second-order valence-electron chi connectivity index (χ2n) is 3.46. The standard InChI is InChI=1S/C11H11NO4/c13-10(14)9-6-7-16-11(15)12(9)8-4-2-1-3-5-8/h1-5,9H,6-7H2,(H,13,14). The van der Waals surface area contributed by atoms with Crippen LogP contribution < -0.4 is 4.90 Å². The summed E-state index contributed by atoms with van der Waals surface area (Å²) in [6, 6.07) is 7.81. The van der Waals surface area contributed by atoms with Gasteiger partial charge in [-0.15, -0.1) is 0 Å². The van der Waals surface area contributed by atoms with E-state index in [1.807, 2.05) is 0 Å². The minimum Gasteiger partial charge on any atom is -0.480 e. The molecule has 1 aliphatic heterocycles. The number of carbonyl (C=O) groups is 2. The van der Waals surface area contributed by atoms with Gasteiger partial charge in [0.05, 0.1) is 6.61 Å². The van der Waals surface area contributed by atoms with Gasteiger partial charge in [0.2, 0.25) is 0 Å². The van der Waals surface area contributed by atoms with Gasteiger partial charge in [-0.25, -0.2) is 9.59 Å². The molecule has 1 aromatic carbocycles. The molecule has 0 aliphatic carbocycles. The van der Waals surface area contributed by atoms with E-state index < -0.39 is 18.1 Å². The molecule has 1 atom stereocenters. The minimum atomic E-state index is -1.01. The van der Waals surface area contributed by atoms with Crippen molar-refractivity contribution in [2.75, 3.05) is 11.5 Å². The molecule has 5 heteroatoms. The number of ether oxygens (including phenoxy) is 1. The molecule has 1 unspecified atom stereocenters. The number of rotatable bonds is 2. The van der Waals surface area contributed by atoms with E-state index in [2.05, 4.69) is 0 Å². The normalized spacial score (nSPS) is 20.4. The molecule has 1 N–H and O–H groups in total. The average molecular weight is 221 g/mol. The lowest BCUT2D eigenvalue weighted by molar-refractivity contribution is -0.139. The lowest BCUT2D eigenvalue weighted by atomic mass is 10.1. The maximum atomic E-state index is 11.5. The van der Waals surface area contributed by atoms with Gasteiger partial charge < -0.3 is 9.84 Å². The third kappa shape index (κ3) is 1.84. The van der Waals surface area contributed by atoms with Crippen LogP contribution in [-0.2, 0) is 9.53 Å². The van der Waals surface area contributed by atoms with Crippen molar-refractivity contribution < 1.29 is 19.4 Å². The Morgan fingerprint density at radius 1 is 1.38 bits per heavy atom. The molecule has 1 heterocycles. The van der Waals surface area contributed by atoms with Crippen molar-refractivity contribution in [3.8, 4) is 0 Å². The molecule has 16 heavy (non-hydrogen) atoms. The number of hydrogen-bond acceptors (Lipinski definition) is 3. The van der Waals surface area contributed by atoms with Crippen LogP contribution in [0.3, 0.4) is 0 Å². The molecular weight excluding hydrogens is 210 g/mol. The summed E-state index contributed by atoms with van der Waals surface area (Å²) < 4.78 is 4.85. The number of nitrogens with zero attached hydrogens (tertiary/aromatic N) is 1. The number of para-hydroxylation sites is 1. The fourth-order valence-electron chi connectivity index (χ4n) is 1.69. The Bertz CT molecular complexity index is 404. The predicted molar refractivity (Wildman–Crippen MR) is 56.3 cm³/mol. The number of benzene rings is 1. The van der Waals surface area contributed by atoms with Gasteiger partial charge in [-0.1, -0.05) is 18.2 Å². The fourth-order valence-corrected chi connectivity index (χ4v) is 1.69. The summed E-state index contributed by atoms with van der Waals surface area (Å²) in [5.41, 5.74) is 0.541. The van der Waals surface area contributed by atoms with Gasteiger partial charge >= 0.3 is 12.1 Å². The smallest absolute Gasteiger partial charge is 0.415 e. The van der Waals surface area contributed by atoms with E-state index in [-0.39, 0.29) is 6.61 Å². The summed E-state index contributed by atoms with van der Waals surface area (Å²) in [4.78, 5) is 23.8. The van der Waals surface area contributed by atoms with E-state index in [1.165, 1.54) is 4.90 Å². The summed E-state index contributed by atoms with van der Waals surface area (Å²) in [6.07, 6.45) is -0.305. The second kappa shape index (κ2) is 4.22. The van der Waals surface area contributed by atoms with Crippen molar-refractivity contribution >= 4 is 17.7 Å². The predicted octanol–water partition coefficient (Wildman–Crippen LogP) is 1.49. The third-order valence-corrected chi connectivity index (χ3v) is 2.44. The number of cyclic esters (lactones) is 1. The maximum Gasteiger partial charge on any atom is 0.415 e. The third-order valence-electron chi connectivity index (χ3n) is 2.44. The number of carboxylic acids is 1. The Hall–Kier alpha value is -2.04. The molecule has 1 fully saturated rings. The molecule has 0 bridgehead atoms. The first-order chi connectivity index (χ1) is 7.70. The Kier molecular flexibility index (Phi) is 2.76. The van der Waals surface area contributed by atoms with E-state index >= 15 is 0 Å². The molecule has 0 radical (unpaired) electrons. The molecule has 84 valence electrons. The van der Waals surface area contributed by atoms with E-state index in [9.17, 15) is 9.59 Å². The number of carboxylic acid groups (broad SMARTS) is 1. The van der Waals surface area contributed by atoms with E-state index in [0.29, 0.717) is 12.1 Å². The zero-order valence-electron chi connectivity index (χ0n) is 8.50. The van der Waals surface area contributed by atoms with E-state index in [0.717, 1.165) is 0 Å². The second-order valence-corrected chi connectivity index (χ2v) is 3.46. The van der Waals surface area contributed by atoms with Crippen molar-refractivity contribution in [1.82, 2.24) is 0 Å². The summed E-state index contributed by atoms with van der Waals surface area (Å²) in [5, 5.41) is 9.04. The first-order valence-electron chi connectivity index (χ1n) is 4.94. The van der Waals surface area contributed by atoms with Gasteiger partial charge in [-0.05, 0) is 12.1 Å². The fraction of sp³-hybridized carbons (Fsp3) is 0.273. The van der Waals surface area contributed by atoms with Crippen LogP contribution in [0.25, 0.3) is 0 Å². The minimum absolute atomic E-state index is 0.152. The van der Waals surface area contributed by atoms with E-state index in [4.69, 9.17) is 9.84 Å². The highest BCUT2D eigenvalue weighted by Crippen LogP contribution is 2.22. The molecule has 5 nitrogen and oxygen atoms in total. The Labute approximate surface area is 92.2 Å². The molecular formula is C11H11NO4. The lowest BCUT2D eigenvalue weighted by Gasteiger charge is -2.32. The van der Waals surface area contributed by atoms with Gasteiger partial charge in [-0.2, -0.15) is 0 Å². The first-order valence-corrected chi connectivity index (χ1v) is 4.94. The van der Waals surface area contributed by atoms with Crippen LogP contribution in [-0.4, -0.2) is 29.8 Å². The van der Waals surface area contributed by atoms with Crippen LogP contribution in [0.1, 0.15) is 6.42 Å². The molecule has 1 aromatic rings. The Morgan fingerprint density at radius 3 is 2.69 bits per heavy atom. The van der Waals surface area contributed by atoms with Gasteiger partial charge in [-0.3, -0.25) is 4.90 Å². The topological polar surface area (TPSA) is 66.8 Å². The summed E-state index contributed by atoms with van der Waals surface area (Å²) >= 11 is 0. The molecule has 2 rings (SSSR count). The van der Waals surface area contributed by atoms with Gasteiger partial charge in [0, 0.05) is 12.1 Å². The zero-order chi connectivity index (χ0) is 11.5. The van der Waals surface area contributed by atoms with Crippen LogP contribution in [0.2, 0.25) is 0 Å². The number of amides is 1. The van der Waals surface area contributed by atoms with Crippen molar-refractivity contribution in [3.05, 3.63) is 30.3 Å². The number of aliphatic carboxylic acids is 1. The highest BCUT2D eigenvalue weighted by Gasteiger charge is 2.35. The van der Waals surface area contributed by atoms with Crippen molar-refractivity contribution in [2.45, 2.75) is 12.5 Å². The molecule has 0 saturated carbocycles. The molecule has 0 aromatic heterocycles. The monoisotopic (exact) mass is 221 g/mol. The number of anilines is 1. The van der Waals surface area contributed by atoms with Crippen molar-refractivity contribution in [3.63, 3.8) is 0 Å². The molecule has 0 spiro atoms. The number of carbonyl (C=O) groups excluding carboxylic acids is 1. The molecule has 1 saturated heterocycles. The molecule has 1 aliphatic rings. The SMILES string of the molecule is O=C(O)C1CCOC(=O)N1c1ccccc1. The maximum absolute atomic E-state index is 11.5. The lowest BCUT2D eigenvalue weighted by Crippen LogP contribution is -2.50. The Morgan fingerprint density at radius 2 is 2.06 bits per heavy atom. The van der Waals surface area contributed by atoms with Gasteiger partial charge in [0.25, 0.3) is 0 Å².